The number of aromatic nitrogens is 2. The lowest BCUT2D eigenvalue weighted by atomic mass is 10.0. The summed E-state index contributed by atoms with van der Waals surface area (Å²) in [6, 6.07) is 0.0812. The topological polar surface area (TPSA) is 68.2 Å². The Morgan fingerprint density at radius 3 is 2.67 bits per heavy atom. The Balaban J connectivity index is 2.66. The Morgan fingerprint density at radius 1 is 1.47 bits per heavy atom. The quantitative estimate of drug-likeness (QED) is 0.787. The van der Waals surface area contributed by atoms with Crippen molar-refractivity contribution in [2.45, 2.75) is 38.8 Å². The van der Waals surface area contributed by atoms with Crippen molar-refractivity contribution in [3.05, 3.63) is 11.7 Å². The van der Waals surface area contributed by atoms with E-state index in [9.17, 15) is 0 Å². The van der Waals surface area contributed by atoms with E-state index in [-0.39, 0.29) is 12.0 Å². The summed E-state index contributed by atoms with van der Waals surface area (Å²) in [6.07, 6.45) is 0.909. The molecule has 0 radical (unpaired) electrons. The third-order valence-electron chi connectivity index (χ3n) is 2.44. The minimum absolute atomic E-state index is 0.0812. The maximum atomic E-state index is 5.92. The molecule has 1 rings (SSSR count). The van der Waals surface area contributed by atoms with Crippen LogP contribution in [0, 0.1) is 0 Å². The highest BCUT2D eigenvalue weighted by Crippen LogP contribution is 2.17. The molecule has 2 N–H and O–H groups in total. The van der Waals surface area contributed by atoms with Crippen molar-refractivity contribution in [2.24, 2.45) is 5.73 Å². The van der Waals surface area contributed by atoms with E-state index in [0.29, 0.717) is 18.3 Å². The Kier molecular flexibility index (Phi) is 4.23. The molecule has 86 valence electrons. The molecule has 0 spiro atoms. The maximum Gasteiger partial charge on any atom is 0.231 e. The molecule has 0 fully saturated rings. The van der Waals surface area contributed by atoms with E-state index >= 15 is 0 Å². The Labute approximate surface area is 90.6 Å². The largest absolute Gasteiger partial charge is 0.339 e. The van der Waals surface area contributed by atoms with Crippen molar-refractivity contribution in [1.82, 2.24) is 15.0 Å². The zero-order chi connectivity index (χ0) is 11.4. The van der Waals surface area contributed by atoms with Crippen LogP contribution in [0.1, 0.15) is 37.9 Å². The van der Waals surface area contributed by atoms with Crippen molar-refractivity contribution in [3.8, 4) is 0 Å². The number of nitrogens with zero attached hydrogens (tertiary/aromatic N) is 3. The molecular formula is C10H20N4O. The molecule has 5 nitrogen and oxygen atoms in total. The average Bonchev–Trinajstić information content (AvgIpc) is 2.63. The van der Waals surface area contributed by atoms with Gasteiger partial charge in [-0.2, -0.15) is 4.98 Å². The van der Waals surface area contributed by atoms with Gasteiger partial charge in [0, 0.05) is 6.04 Å². The van der Waals surface area contributed by atoms with Crippen LogP contribution in [-0.2, 0) is 6.54 Å². The molecular weight excluding hydrogens is 192 g/mol. The van der Waals surface area contributed by atoms with Crippen molar-refractivity contribution in [1.29, 1.82) is 0 Å². The van der Waals surface area contributed by atoms with Crippen LogP contribution < -0.4 is 5.73 Å². The van der Waals surface area contributed by atoms with Crippen molar-refractivity contribution >= 4 is 0 Å². The van der Waals surface area contributed by atoms with Crippen LogP contribution in [0.15, 0.2) is 4.52 Å². The molecule has 0 amide bonds. The summed E-state index contributed by atoms with van der Waals surface area (Å²) in [5, 5.41) is 3.91. The number of hydrogen-bond acceptors (Lipinski definition) is 5. The van der Waals surface area contributed by atoms with Gasteiger partial charge in [-0.15, -0.1) is 0 Å². The number of rotatable bonds is 5. The van der Waals surface area contributed by atoms with Gasteiger partial charge in [0.25, 0.3) is 0 Å². The first-order chi connectivity index (χ1) is 7.04. The van der Waals surface area contributed by atoms with Gasteiger partial charge < -0.3 is 15.2 Å². The van der Waals surface area contributed by atoms with Crippen molar-refractivity contribution in [3.63, 3.8) is 0 Å². The molecule has 0 aliphatic heterocycles. The van der Waals surface area contributed by atoms with Gasteiger partial charge in [0.05, 0.1) is 12.5 Å². The van der Waals surface area contributed by atoms with E-state index < -0.39 is 0 Å². The van der Waals surface area contributed by atoms with Gasteiger partial charge in [0.2, 0.25) is 5.89 Å². The summed E-state index contributed by atoms with van der Waals surface area (Å²) in [7, 11) is 3.94. The minimum atomic E-state index is 0.0812. The average molecular weight is 212 g/mol. The van der Waals surface area contributed by atoms with E-state index in [1.54, 1.807) is 0 Å². The normalized spacial score (nSPS) is 15.6. The highest BCUT2D eigenvalue weighted by atomic mass is 16.5. The van der Waals surface area contributed by atoms with Gasteiger partial charge in [-0.1, -0.05) is 19.0 Å². The Morgan fingerprint density at radius 2 is 2.13 bits per heavy atom. The van der Waals surface area contributed by atoms with Crippen LogP contribution in [0.25, 0.3) is 0 Å². The first-order valence-electron chi connectivity index (χ1n) is 5.27. The fraction of sp³-hybridized carbons (Fsp3) is 0.800. The molecule has 0 saturated carbocycles. The lowest BCUT2D eigenvalue weighted by Gasteiger charge is -2.13. The maximum absolute atomic E-state index is 5.92. The Hall–Kier alpha value is -0.940. The fourth-order valence-electron chi connectivity index (χ4n) is 1.34. The second kappa shape index (κ2) is 5.23. The van der Waals surface area contributed by atoms with Gasteiger partial charge >= 0.3 is 0 Å². The zero-order valence-corrected chi connectivity index (χ0v) is 9.90. The summed E-state index contributed by atoms with van der Waals surface area (Å²) in [5.74, 6) is 1.48. The predicted octanol–water partition coefficient (Wildman–Crippen LogP) is 0.972. The van der Waals surface area contributed by atoms with Gasteiger partial charge in [-0.25, -0.2) is 0 Å². The molecule has 0 aliphatic carbocycles. The minimum Gasteiger partial charge on any atom is -0.339 e. The van der Waals surface area contributed by atoms with Crippen LogP contribution in [0.3, 0.4) is 0 Å². The van der Waals surface area contributed by atoms with E-state index in [1.807, 2.05) is 25.9 Å². The van der Waals surface area contributed by atoms with Gasteiger partial charge in [-0.3, -0.25) is 0 Å². The van der Waals surface area contributed by atoms with E-state index in [4.69, 9.17) is 10.3 Å². The lowest BCUT2D eigenvalue weighted by molar-refractivity contribution is 0.327. The van der Waals surface area contributed by atoms with Gasteiger partial charge in [0.1, 0.15) is 0 Å². The molecule has 0 aromatic carbocycles. The standard InChI is InChI=1S/C10H20N4O/c1-5-8(11)7(2)10-12-9(13-15-10)6-14(3)4/h7-8H,5-6,11H2,1-4H3. The molecule has 2 atom stereocenters. The smallest absolute Gasteiger partial charge is 0.231 e. The van der Waals surface area contributed by atoms with Crippen LogP contribution in [0.4, 0.5) is 0 Å². The molecule has 2 unspecified atom stereocenters. The van der Waals surface area contributed by atoms with Crippen molar-refractivity contribution < 1.29 is 4.52 Å². The van der Waals surface area contributed by atoms with Crippen molar-refractivity contribution in [2.75, 3.05) is 14.1 Å². The van der Waals surface area contributed by atoms with Crippen LogP contribution in [0.5, 0.6) is 0 Å². The number of nitrogens with two attached hydrogens (primary N) is 1. The summed E-state index contributed by atoms with van der Waals surface area (Å²) in [5.41, 5.74) is 5.92. The third kappa shape index (κ3) is 3.28. The van der Waals surface area contributed by atoms with Gasteiger partial charge in [-0.05, 0) is 20.5 Å². The van der Waals surface area contributed by atoms with Crippen LogP contribution >= 0.6 is 0 Å². The summed E-state index contributed by atoms with van der Waals surface area (Å²) in [6.45, 7) is 4.76. The second-order valence-electron chi connectivity index (χ2n) is 4.15. The molecule has 15 heavy (non-hydrogen) atoms. The first kappa shape index (κ1) is 12.1. The number of hydrogen-bond donors (Lipinski definition) is 1. The lowest BCUT2D eigenvalue weighted by Crippen LogP contribution is -2.25. The zero-order valence-electron chi connectivity index (χ0n) is 9.90. The molecule has 0 bridgehead atoms. The molecule has 1 heterocycles. The predicted molar refractivity (Wildman–Crippen MR) is 58.4 cm³/mol. The summed E-state index contributed by atoms with van der Waals surface area (Å²) >= 11 is 0. The Bertz CT molecular complexity index is 297. The molecule has 1 aromatic rings. The van der Waals surface area contributed by atoms with Crippen LogP contribution in [-0.4, -0.2) is 35.2 Å². The van der Waals surface area contributed by atoms with E-state index in [2.05, 4.69) is 17.1 Å². The second-order valence-corrected chi connectivity index (χ2v) is 4.15. The van der Waals surface area contributed by atoms with E-state index in [0.717, 1.165) is 6.42 Å². The third-order valence-corrected chi connectivity index (χ3v) is 2.44. The molecule has 0 saturated heterocycles. The molecule has 1 aromatic heterocycles. The molecule has 0 aliphatic rings. The monoisotopic (exact) mass is 212 g/mol. The molecule has 5 heteroatoms. The SMILES string of the molecule is CCC(N)C(C)c1nc(CN(C)C)no1. The van der Waals surface area contributed by atoms with Crippen LogP contribution in [0.2, 0.25) is 0 Å². The fourth-order valence-corrected chi connectivity index (χ4v) is 1.34. The summed E-state index contributed by atoms with van der Waals surface area (Å²) < 4.78 is 5.18. The van der Waals surface area contributed by atoms with Gasteiger partial charge in [0.15, 0.2) is 5.82 Å². The first-order valence-corrected chi connectivity index (χ1v) is 5.27. The van der Waals surface area contributed by atoms with E-state index in [1.165, 1.54) is 0 Å². The summed E-state index contributed by atoms with van der Waals surface area (Å²) in [4.78, 5) is 6.32. The highest BCUT2D eigenvalue weighted by Gasteiger charge is 2.19. The highest BCUT2D eigenvalue weighted by molar-refractivity contribution is 4.96.